The van der Waals surface area contributed by atoms with Crippen LogP contribution in [0.5, 0.6) is 0 Å². The molecule has 1 fully saturated rings. The van der Waals surface area contributed by atoms with Crippen LogP contribution >= 0.6 is 0 Å². The van der Waals surface area contributed by atoms with Gasteiger partial charge in [-0.1, -0.05) is 0 Å². The fourth-order valence-electron chi connectivity index (χ4n) is 1.35. The highest BCUT2D eigenvalue weighted by atomic mass is 16.3. The molecule has 0 spiro atoms. The van der Waals surface area contributed by atoms with E-state index in [0.717, 1.165) is 19.6 Å². The van der Waals surface area contributed by atoms with Gasteiger partial charge < -0.3 is 15.7 Å². The zero-order chi connectivity index (χ0) is 7.40. The van der Waals surface area contributed by atoms with Crippen molar-refractivity contribution in [2.45, 2.75) is 18.9 Å². The number of aliphatic hydroxyl groups excluding tert-OH is 1. The van der Waals surface area contributed by atoms with E-state index in [9.17, 15) is 0 Å². The van der Waals surface area contributed by atoms with Gasteiger partial charge in [0.05, 0.1) is 6.61 Å². The van der Waals surface area contributed by atoms with E-state index in [1.165, 1.54) is 12.8 Å². The third kappa shape index (κ3) is 2.25. The zero-order valence-corrected chi connectivity index (χ0v) is 6.29. The summed E-state index contributed by atoms with van der Waals surface area (Å²) in [4.78, 5) is 2.31. The molecule has 0 aromatic heterocycles. The molecular formula is C7H16N2O. The SMILES string of the molecule is NC(CO)CN1CCCC1. The second-order valence-corrected chi connectivity index (χ2v) is 2.95. The maximum atomic E-state index is 8.64. The monoisotopic (exact) mass is 144 g/mol. The summed E-state index contributed by atoms with van der Waals surface area (Å²) >= 11 is 0. The second-order valence-electron chi connectivity index (χ2n) is 2.95. The number of nitrogens with two attached hydrogens (primary N) is 1. The molecule has 1 atom stereocenters. The number of nitrogens with zero attached hydrogens (tertiary/aromatic N) is 1. The molecule has 0 aromatic rings. The van der Waals surface area contributed by atoms with Gasteiger partial charge in [-0.25, -0.2) is 0 Å². The topological polar surface area (TPSA) is 49.5 Å². The molecule has 3 N–H and O–H groups in total. The molecule has 0 aliphatic carbocycles. The van der Waals surface area contributed by atoms with Gasteiger partial charge in [-0.2, -0.15) is 0 Å². The Balaban J connectivity index is 2.11. The third-order valence-corrected chi connectivity index (χ3v) is 1.93. The summed E-state index contributed by atoms with van der Waals surface area (Å²) in [6.07, 6.45) is 2.58. The van der Waals surface area contributed by atoms with Crippen LogP contribution in [0.15, 0.2) is 0 Å². The lowest BCUT2D eigenvalue weighted by Crippen LogP contribution is -2.38. The molecule has 1 rings (SSSR count). The first-order valence-corrected chi connectivity index (χ1v) is 3.91. The average Bonchev–Trinajstić information content (AvgIpc) is 2.40. The minimum Gasteiger partial charge on any atom is -0.395 e. The molecule has 0 amide bonds. The Morgan fingerprint density at radius 1 is 1.40 bits per heavy atom. The average molecular weight is 144 g/mol. The van der Waals surface area contributed by atoms with E-state index in [1.54, 1.807) is 0 Å². The molecule has 1 aliphatic heterocycles. The number of rotatable bonds is 3. The van der Waals surface area contributed by atoms with Gasteiger partial charge in [0, 0.05) is 12.6 Å². The molecule has 1 heterocycles. The van der Waals surface area contributed by atoms with Gasteiger partial charge in [-0.15, -0.1) is 0 Å². The lowest BCUT2D eigenvalue weighted by Gasteiger charge is -2.17. The van der Waals surface area contributed by atoms with Crippen molar-refractivity contribution in [1.82, 2.24) is 4.90 Å². The summed E-state index contributed by atoms with van der Waals surface area (Å²) < 4.78 is 0. The fraction of sp³-hybridized carbons (Fsp3) is 1.00. The van der Waals surface area contributed by atoms with Crippen molar-refractivity contribution in [2.75, 3.05) is 26.2 Å². The van der Waals surface area contributed by atoms with Gasteiger partial charge in [0.1, 0.15) is 0 Å². The van der Waals surface area contributed by atoms with Gasteiger partial charge in [-0.05, 0) is 25.9 Å². The first-order chi connectivity index (χ1) is 4.83. The summed E-state index contributed by atoms with van der Waals surface area (Å²) in [5.74, 6) is 0. The highest BCUT2D eigenvalue weighted by Crippen LogP contribution is 2.06. The molecule has 10 heavy (non-hydrogen) atoms. The predicted molar refractivity (Wildman–Crippen MR) is 40.7 cm³/mol. The van der Waals surface area contributed by atoms with Gasteiger partial charge in [0.15, 0.2) is 0 Å². The van der Waals surface area contributed by atoms with E-state index < -0.39 is 0 Å². The smallest absolute Gasteiger partial charge is 0.0595 e. The minimum atomic E-state index is -0.0434. The van der Waals surface area contributed by atoms with Crippen molar-refractivity contribution in [2.24, 2.45) is 5.73 Å². The molecule has 1 aliphatic rings. The van der Waals surface area contributed by atoms with E-state index in [2.05, 4.69) is 4.90 Å². The summed E-state index contributed by atoms with van der Waals surface area (Å²) in [6.45, 7) is 3.29. The van der Waals surface area contributed by atoms with Crippen LogP contribution in [0.25, 0.3) is 0 Å². The quantitative estimate of drug-likeness (QED) is 0.556. The maximum absolute atomic E-state index is 8.64. The summed E-state index contributed by atoms with van der Waals surface area (Å²) in [7, 11) is 0. The van der Waals surface area contributed by atoms with Crippen LogP contribution in [0.3, 0.4) is 0 Å². The van der Waals surface area contributed by atoms with Gasteiger partial charge in [0.25, 0.3) is 0 Å². The number of hydrogen-bond donors (Lipinski definition) is 2. The largest absolute Gasteiger partial charge is 0.395 e. The van der Waals surface area contributed by atoms with Crippen molar-refractivity contribution >= 4 is 0 Å². The van der Waals surface area contributed by atoms with Crippen molar-refractivity contribution < 1.29 is 5.11 Å². The van der Waals surface area contributed by atoms with Crippen LogP contribution in [0.4, 0.5) is 0 Å². The van der Waals surface area contributed by atoms with Crippen LogP contribution in [-0.2, 0) is 0 Å². The second kappa shape index (κ2) is 3.91. The van der Waals surface area contributed by atoms with E-state index in [-0.39, 0.29) is 12.6 Å². The molecule has 3 heteroatoms. The van der Waals surface area contributed by atoms with Crippen molar-refractivity contribution in [3.63, 3.8) is 0 Å². The van der Waals surface area contributed by atoms with Crippen molar-refractivity contribution in [1.29, 1.82) is 0 Å². The maximum Gasteiger partial charge on any atom is 0.0595 e. The molecule has 0 bridgehead atoms. The Labute approximate surface area is 61.8 Å². The van der Waals surface area contributed by atoms with E-state index in [1.807, 2.05) is 0 Å². The Hall–Kier alpha value is -0.120. The Morgan fingerprint density at radius 2 is 2.00 bits per heavy atom. The van der Waals surface area contributed by atoms with Gasteiger partial charge in [0.2, 0.25) is 0 Å². The lowest BCUT2D eigenvalue weighted by molar-refractivity contribution is 0.222. The summed E-state index contributed by atoms with van der Waals surface area (Å²) in [6, 6.07) is -0.0434. The molecule has 60 valence electrons. The fourth-order valence-corrected chi connectivity index (χ4v) is 1.35. The van der Waals surface area contributed by atoms with Crippen LogP contribution in [0.2, 0.25) is 0 Å². The van der Waals surface area contributed by atoms with E-state index in [0.29, 0.717) is 0 Å². The lowest BCUT2D eigenvalue weighted by atomic mass is 10.3. The normalized spacial score (nSPS) is 23.4. The first-order valence-electron chi connectivity index (χ1n) is 3.91. The Bertz CT molecular complexity index is 91.6. The minimum absolute atomic E-state index is 0.0434. The van der Waals surface area contributed by atoms with Crippen molar-refractivity contribution in [3.05, 3.63) is 0 Å². The number of likely N-dealkylation sites (tertiary alicyclic amines) is 1. The highest BCUT2D eigenvalue weighted by Gasteiger charge is 2.13. The Kier molecular flexibility index (Phi) is 3.12. The third-order valence-electron chi connectivity index (χ3n) is 1.93. The molecule has 0 radical (unpaired) electrons. The van der Waals surface area contributed by atoms with Crippen LogP contribution in [0, 0.1) is 0 Å². The molecule has 3 nitrogen and oxygen atoms in total. The molecule has 1 unspecified atom stereocenters. The van der Waals surface area contributed by atoms with Crippen LogP contribution in [-0.4, -0.2) is 42.3 Å². The molecule has 0 saturated carbocycles. The zero-order valence-electron chi connectivity index (χ0n) is 6.29. The summed E-state index contributed by atoms with van der Waals surface area (Å²) in [5, 5.41) is 8.64. The van der Waals surface area contributed by atoms with E-state index >= 15 is 0 Å². The van der Waals surface area contributed by atoms with E-state index in [4.69, 9.17) is 10.8 Å². The predicted octanol–water partition coefficient (Wildman–Crippen LogP) is -0.598. The first kappa shape index (κ1) is 7.98. The van der Waals surface area contributed by atoms with Gasteiger partial charge >= 0.3 is 0 Å². The molecular weight excluding hydrogens is 128 g/mol. The standard InChI is InChI=1S/C7H16N2O/c8-7(6-10)5-9-3-1-2-4-9/h7,10H,1-6,8H2. The number of hydrogen-bond acceptors (Lipinski definition) is 3. The van der Waals surface area contributed by atoms with Crippen LogP contribution in [0.1, 0.15) is 12.8 Å². The Morgan fingerprint density at radius 3 is 2.50 bits per heavy atom. The highest BCUT2D eigenvalue weighted by molar-refractivity contribution is 4.71. The van der Waals surface area contributed by atoms with Gasteiger partial charge in [-0.3, -0.25) is 0 Å². The number of aliphatic hydroxyl groups is 1. The molecule has 0 aromatic carbocycles. The van der Waals surface area contributed by atoms with Crippen molar-refractivity contribution in [3.8, 4) is 0 Å². The molecule has 1 saturated heterocycles. The van der Waals surface area contributed by atoms with Crippen LogP contribution < -0.4 is 5.73 Å². The summed E-state index contributed by atoms with van der Waals surface area (Å²) in [5.41, 5.74) is 5.56.